The predicted molar refractivity (Wildman–Crippen MR) is 162 cm³/mol. The van der Waals surface area contributed by atoms with Gasteiger partial charge in [0.25, 0.3) is 0 Å². The van der Waals surface area contributed by atoms with E-state index in [9.17, 15) is 18.6 Å². The lowest BCUT2D eigenvalue weighted by Crippen LogP contribution is -2.16. The maximum absolute atomic E-state index is 12.6. The van der Waals surface area contributed by atoms with Crippen molar-refractivity contribution in [1.29, 1.82) is 0 Å². The Labute approximate surface area is 252 Å². The summed E-state index contributed by atoms with van der Waals surface area (Å²) in [6, 6.07) is 16.6. The first-order valence-electron chi connectivity index (χ1n) is 13.5. The molecule has 3 N–H and O–H groups in total. The number of aryl methyl sites for hydroxylation is 2. The number of aromatic nitrogens is 8. The maximum atomic E-state index is 12.6. The smallest absolute Gasteiger partial charge is 0.232 e. The summed E-state index contributed by atoms with van der Waals surface area (Å²) in [6.45, 7) is 5.19. The summed E-state index contributed by atoms with van der Waals surface area (Å²) in [7, 11) is -3.57. The molecule has 5 aromatic rings. The number of anilines is 1. The van der Waals surface area contributed by atoms with Crippen LogP contribution in [-0.2, 0) is 10.0 Å². The molecule has 5 rings (SSSR count). The highest BCUT2D eigenvalue weighted by Crippen LogP contribution is 2.41. The van der Waals surface area contributed by atoms with Gasteiger partial charge in [0, 0.05) is 22.7 Å². The molecule has 0 aliphatic heterocycles. The van der Waals surface area contributed by atoms with Crippen LogP contribution >= 0.6 is 0 Å². The standard InChI is InChI=1S/C28H29N11O4S/c1-4-12-44(42,43)33-23-7-5-6-22(15-23)28(24-13-20(8-10-26(24)40)16-29-38-18(2)31-34-36-38)25-14-21(9-11-27(25)41)17-30-39-19(3)32-35-37-39/h5-11,13-17,28,33,40-41H,4,12H2,1-3H3/b29-16+,30-17+. The number of benzene rings is 3. The van der Waals surface area contributed by atoms with Crippen molar-refractivity contribution < 1.29 is 18.6 Å². The number of hydrogen-bond acceptors (Lipinski definition) is 12. The van der Waals surface area contributed by atoms with Gasteiger partial charge in [0.05, 0.1) is 18.2 Å². The number of sulfonamides is 1. The van der Waals surface area contributed by atoms with E-state index in [1.807, 2.05) is 0 Å². The molecule has 44 heavy (non-hydrogen) atoms. The van der Waals surface area contributed by atoms with Crippen LogP contribution in [0.4, 0.5) is 5.69 Å². The summed E-state index contributed by atoms with van der Waals surface area (Å²) in [6.07, 6.45) is 3.53. The third-order valence-electron chi connectivity index (χ3n) is 6.53. The zero-order valence-corrected chi connectivity index (χ0v) is 24.8. The quantitative estimate of drug-likeness (QED) is 0.147. The average Bonchev–Trinajstić information content (AvgIpc) is 3.60. The Morgan fingerprint density at radius 3 is 1.86 bits per heavy atom. The third-order valence-corrected chi connectivity index (χ3v) is 8.02. The number of aromatic hydroxyl groups is 2. The van der Waals surface area contributed by atoms with E-state index in [0.29, 0.717) is 51.6 Å². The minimum Gasteiger partial charge on any atom is -0.508 e. The summed E-state index contributed by atoms with van der Waals surface area (Å²) in [5.41, 5.74) is 3.03. The van der Waals surface area contributed by atoms with E-state index in [0.717, 1.165) is 0 Å². The number of phenolic OH excluding ortho intramolecular Hbond substituents is 2. The molecule has 226 valence electrons. The second-order valence-electron chi connectivity index (χ2n) is 9.84. The minimum absolute atomic E-state index is 0.0352. The number of phenols is 2. The molecule has 0 atom stereocenters. The van der Waals surface area contributed by atoms with Crippen LogP contribution in [-0.4, -0.2) is 77.4 Å². The molecule has 0 aliphatic carbocycles. The van der Waals surface area contributed by atoms with Crippen molar-refractivity contribution in [2.24, 2.45) is 10.2 Å². The van der Waals surface area contributed by atoms with E-state index in [-0.39, 0.29) is 17.3 Å². The SMILES string of the molecule is CCCS(=O)(=O)Nc1cccc(C(c2cc(/C=N/n3nnnc3C)ccc2O)c2cc(/C=N/n3nnnc3C)ccc2O)c1. The van der Waals surface area contributed by atoms with Crippen molar-refractivity contribution >= 4 is 28.1 Å². The molecule has 0 saturated heterocycles. The van der Waals surface area contributed by atoms with Gasteiger partial charge in [-0.2, -0.15) is 10.2 Å². The van der Waals surface area contributed by atoms with Gasteiger partial charge in [-0.3, -0.25) is 4.72 Å². The molecule has 0 spiro atoms. The summed E-state index contributed by atoms with van der Waals surface area (Å²) in [4.78, 5) is 2.52. The Morgan fingerprint density at radius 2 is 1.39 bits per heavy atom. The number of tetrazole rings is 2. The fourth-order valence-corrected chi connectivity index (χ4v) is 5.61. The molecule has 16 heteroatoms. The van der Waals surface area contributed by atoms with E-state index < -0.39 is 15.9 Å². The molecule has 0 aliphatic rings. The van der Waals surface area contributed by atoms with Crippen molar-refractivity contribution in [3.05, 3.63) is 100 Å². The fourth-order valence-electron chi connectivity index (χ4n) is 4.49. The number of hydrogen-bond donors (Lipinski definition) is 3. The largest absolute Gasteiger partial charge is 0.508 e. The van der Waals surface area contributed by atoms with Crippen LogP contribution in [0.25, 0.3) is 0 Å². The lowest BCUT2D eigenvalue weighted by molar-refractivity contribution is 0.458. The molecule has 2 aromatic heterocycles. The summed E-state index contributed by atoms with van der Waals surface area (Å²) < 4.78 is 27.7. The molecule has 0 radical (unpaired) electrons. The van der Waals surface area contributed by atoms with E-state index in [4.69, 9.17) is 0 Å². The molecule has 3 aromatic carbocycles. The monoisotopic (exact) mass is 615 g/mol. The maximum Gasteiger partial charge on any atom is 0.232 e. The van der Waals surface area contributed by atoms with Gasteiger partial charge in [0.15, 0.2) is 11.6 Å². The Hall–Kier alpha value is -5.51. The molecule has 0 unspecified atom stereocenters. The Morgan fingerprint density at radius 1 is 0.841 bits per heavy atom. The topological polar surface area (TPSA) is 199 Å². The first-order valence-corrected chi connectivity index (χ1v) is 15.1. The molecule has 2 heterocycles. The van der Waals surface area contributed by atoms with E-state index in [2.05, 4.69) is 46.0 Å². The molecule has 0 amide bonds. The molecular weight excluding hydrogens is 586 g/mol. The zero-order valence-electron chi connectivity index (χ0n) is 24.0. The highest BCUT2D eigenvalue weighted by molar-refractivity contribution is 7.92. The summed E-state index contributed by atoms with van der Waals surface area (Å²) >= 11 is 0. The van der Waals surface area contributed by atoms with Crippen molar-refractivity contribution in [1.82, 2.24) is 40.6 Å². The van der Waals surface area contributed by atoms with Gasteiger partial charge >= 0.3 is 0 Å². The average molecular weight is 616 g/mol. The van der Waals surface area contributed by atoms with Gasteiger partial charge in [-0.05, 0) is 106 Å². The highest BCUT2D eigenvalue weighted by Gasteiger charge is 2.24. The third kappa shape index (κ3) is 6.92. The van der Waals surface area contributed by atoms with E-state index >= 15 is 0 Å². The van der Waals surface area contributed by atoms with Gasteiger partial charge < -0.3 is 10.2 Å². The minimum atomic E-state index is -3.57. The molecular formula is C28H29N11O4S. The van der Waals surface area contributed by atoms with Crippen molar-refractivity contribution in [3.63, 3.8) is 0 Å². The Bertz CT molecular complexity index is 1850. The van der Waals surface area contributed by atoms with Crippen LogP contribution < -0.4 is 4.72 Å². The Balaban J connectivity index is 1.63. The van der Waals surface area contributed by atoms with Crippen molar-refractivity contribution in [2.45, 2.75) is 33.1 Å². The van der Waals surface area contributed by atoms with Crippen LogP contribution in [0, 0.1) is 13.8 Å². The highest BCUT2D eigenvalue weighted by atomic mass is 32.2. The molecule has 0 fully saturated rings. The van der Waals surface area contributed by atoms with Gasteiger partial charge in [0.2, 0.25) is 10.0 Å². The molecule has 0 saturated carbocycles. The lowest BCUT2D eigenvalue weighted by Gasteiger charge is -2.22. The van der Waals surface area contributed by atoms with Crippen molar-refractivity contribution in [3.8, 4) is 11.5 Å². The fraction of sp³-hybridized carbons (Fsp3) is 0.214. The van der Waals surface area contributed by atoms with Gasteiger partial charge in [0.1, 0.15) is 11.5 Å². The molecule has 15 nitrogen and oxygen atoms in total. The summed E-state index contributed by atoms with van der Waals surface area (Å²) in [5, 5.41) is 53.3. The number of nitrogens with zero attached hydrogens (tertiary/aromatic N) is 10. The van der Waals surface area contributed by atoms with Crippen LogP contribution in [0.1, 0.15) is 58.7 Å². The first kappa shape index (κ1) is 30.0. The number of rotatable bonds is 11. The predicted octanol–water partition coefficient (Wildman–Crippen LogP) is 2.78. The number of nitrogens with one attached hydrogen (secondary N) is 1. The van der Waals surface area contributed by atoms with E-state index in [1.165, 1.54) is 34.1 Å². The second kappa shape index (κ2) is 12.8. The van der Waals surface area contributed by atoms with Crippen LogP contribution in [0.15, 0.2) is 70.9 Å². The van der Waals surface area contributed by atoms with Crippen molar-refractivity contribution in [2.75, 3.05) is 10.5 Å². The molecule has 0 bridgehead atoms. The van der Waals surface area contributed by atoms with E-state index in [1.54, 1.807) is 69.3 Å². The normalized spacial score (nSPS) is 12.1. The van der Waals surface area contributed by atoms with Gasteiger partial charge in [-0.1, -0.05) is 19.1 Å². The Kier molecular flexibility index (Phi) is 8.71. The van der Waals surface area contributed by atoms with Crippen LogP contribution in [0.2, 0.25) is 0 Å². The van der Waals surface area contributed by atoms with Gasteiger partial charge in [-0.15, -0.1) is 19.8 Å². The van der Waals surface area contributed by atoms with Crippen LogP contribution in [0.3, 0.4) is 0 Å². The first-order chi connectivity index (χ1) is 21.1. The van der Waals surface area contributed by atoms with Gasteiger partial charge in [-0.25, -0.2) is 8.42 Å². The van der Waals surface area contributed by atoms with Crippen LogP contribution in [0.5, 0.6) is 11.5 Å². The summed E-state index contributed by atoms with van der Waals surface area (Å²) in [5.74, 6) is 0.0846. The lowest BCUT2D eigenvalue weighted by atomic mass is 9.83. The zero-order chi connectivity index (χ0) is 31.3. The second-order valence-corrected chi connectivity index (χ2v) is 11.7.